The first-order valence-corrected chi connectivity index (χ1v) is 11.5. The molecule has 2 aromatic carbocycles. The molecule has 1 atom stereocenters. The molecule has 8 heteroatoms. The minimum atomic E-state index is -0.974. The summed E-state index contributed by atoms with van der Waals surface area (Å²) in [5, 5.41) is 9.21. The van der Waals surface area contributed by atoms with Gasteiger partial charge in [-0.05, 0) is 67.6 Å². The van der Waals surface area contributed by atoms with E-state index in [2.05, 4.69) is 15.9 Å². The quantitative estimate of drug-likeness (QED) is 0.447. The number of aliphatic carboxylic acids is 1. The Balaban J connectivity index is 1.50. The zero-order chi connectivity index (χ0) is 22.9. The van der Waals surface area contributed by atoms with Gasteiger partial charge in [-0.3, -0.25) is 0 Å². The van der Waals surface area contributed by atoms with Gasteiger partial charge in [0.05, 0.1) is 6.54 Å². The van der Waals surface area contributed by atoms with E-state index in [1.54, 1.807) is 36.1 Å². The molecule has 0 aromatic heterocycles. The number of rotatable bonds is 12. The van der Waals surface area contributed by atoms with Crippen LogP contribution in [0.1, 0.15) is 25.3 Å². The summed E-state index contributed by atoms with van der Waals surface area (Å²) in [6, 6.07) is 14.4. The van der Waals surface area contributed by atoms with Gasteiger partial charge in [0, 0.05) is 24.0 Å². The summed E-state index contributed by atoms with van der Waals surface area (Å²) in [5.41, 5.74) is 0.853. The first-order valence-electron chi connectivity index (χ1n) is 10.7. The molecule has 172 valence electrons. The standard InChI is InChI=1S/C24H28BrNO6/c1-2-30-22(23(27)28)15-17-5-9-20(10-6-17)31-14-13-26(16-18-3-4-18)24(29)32-21-11-7-19(25)8-12-21/h5-12,18,22H,2-4,13-16H2,1H3,(H,27,28). The number of carbonyl (C=O) groups is 2. The average molecular weight is 506 g/mol. The molecule has 32 heavy (non-hydrogen) atoms. The summed E-state index contributed by atoms with van der Waals surface area (Å²) in [6.07, 6.45) is 1.31. The van der Waals surface area contributed by atoms with E-state index in [4.69, 9.17) is 14.2 Å². The van der Waals surface area contributed by atoms with E-state index in [9.17, 15) is 14.7 Å². The second-order valence-electron chi connectivity index (χ2n) is 7.69. The summed E-state index contributed by atoms with van der Waals surface area (Å²) < 4.78 is 17.5. The smallest absolute Gasteiger partial charge is 0.415 e. The van der Waals surface area contributed by atoms with Crippen LogP contribution >= 0.6 is 15.9 Å². The fraction of sp³-hybridized carbons (Fsp3) is 0.417. The van der Waals surface area contributed by atoms with Crippen molar-refractivity contribution in [2.45, 2.75) is 32.3 Å². The normalized spacial score (nSPS) is 13.9. The van der Waals surface area contributed by atoms with Crippen molar-refractivity contribution in [3.05, 3.63) is 58.6 Å². The predicted octanol–water partition coefficient (Wildman–Crippen LogP) is 4.77. The van der Waals surface area contributed by atoms with Crippen molar-refractivity contribution in [3.8, 4) is 11.5 Å². The van der Waals surface area contributed by atoms with Gasteiger partial charge in [-0.1, -0.05) is 28.1 Å². The van der Waals surface area contributed by atoms with Crippen LogP contribution < -0.4 is 9.47 Å². The van der Waals surface area contributed by atoms with E-state index in [-0.39, 0.29) is 6.09 Å². The van der Waals surface area contributed by atoms with Crippen molar-refractivity contribution < 1.29 is 28.9 Å². The van der Waals surface area contributed by atoms with Crippen LogP contribution in [-0.4, -0.2) is 54.5 Å². The number of nitrogens with zero attached hydrogens (tertiary/aromatic N) is 1. The van der Waals surface area contributed by atoms with Crippen molar-refractivity contribution in [1.82, 2.24) is 4.90 Å². The lowest BCUT2D eigenvalue weighted by Gasteiger charge is -2.22. The number of ether oxygens (including phenoxy) is 3. The molecule has 2 aromatic rings. The van der Waals surface area contributed by atoms with Crippen molar-refractivity contribution in [2.24, 2.45) is 5.92 Å². The molecule has 1 fully saturated rings. The number of hydrogen-bond donors (Lipinski definition) is 1. The molecule has 1 N–H and O–H groups in total. The fourth-order valence-electron chi connectivity index (χ4n) is 3.17. The topological polar surface area (TPSA) is 85.3 Å². The number of carbonyl (C=O) groups excluding carboxylic acids is 1. The van der Waals surface area contributed by atoms with Gasteiger partial charge < -0.3 is 24.2 Å². The Morgan fingerprint density at radius 2 is 1.75 bits per heavy atom. The van der Waals surface area contributed by atoms with Gasteiger partial charge in [0.1, 0.15) is 18.1 Å². The second kappa shape index (κ2) is 11.9. The largest absolute Gasteiger partial charge is 0.492 e. The molecule has 3 rings (SSSR count). The van der Waals surface area contributed by atoms with Crippen LogP contribution in [0.3, 0.4) is 0 Å². The molecule has 7 nitrogen and oxygen atoms in total. The van der Waals surface area contributed by atoms with Gasteiger partial charge in [0.2, 0.25) is 0 Å². The summed E-state index contributed by atoms with van der Waals surface area (Å²) in [5.74, 6) is 0.712. The Hall–Kier alpha value is -2.58. The van der Waals surface area contributed by atoms with Crippen LogP contribution in [0.5, 0.6) is 11.5 Å². The van der Waals surface area contributed by atoms with Crippen LogP contribution in [0, 0.1) is 5.92 Å². The minimum absolute atomic E-state index is 0.292. The summed E-state index contributed by atoms with van der Waals surface area (Å²) in [7, 11) is 0. The van der Waals surface area contributed by atoms with Gasteiger partial charge >= 0.3 is 12.1 Å². The average Bonchev–Trinajstić information content (AvgIpc) is 3.59. The van der Waals surface area contributed by atoms with Crippen LogP contribution in [0.4, 0.5) is 4.79 Å². The van der Waals surface area contributed by atoms with Crippen molar-refractivity contribution in [3.63, 3.8) is 0 Å². The molecule has 1 amide bonds. The van der Waals surface area contributed by atoms with E-state index in [1.165, 1.54) is 0 Å². The van der Waals surface area contributed by atoms with Gasteiger partial charge in [0.15, 0.2) is 6.10 Å². The van der Waals surface area contributed by atoms with E-state index >= 15 is 0 Å². The molecule has 1 saturated carbocycles. The van der Waals surface area contributed by atoms with Crippen LogP contribution in [-0.2, 0) is 16.0 Å². The van der Waals surface area contributed by atoms with Gasteiger partial charge in [-0.2, -0.15) is 0 Å². The Bertz CT molecular complexity index is 882. The molecule has 1 aliphatic carbocycles. The third-order valence-corrected chi connectivity index (χ3v) is 5.60. The van der Waals surface area contributed by atoms with Crippen LogP contribution in [0.2, 0.25) is 0 Å². The molecular weight excluding hydrogens is 478 g/mol. The van der Waals surface area contributed by atoms with Crippen molar-refractivity contribution >= 4 is 28.0 Å². The first-order chi connectivity index (χ1) is 15.4. The highest BCUT2D eigenvalue weighted by Gasteiger charge is 2.27. The molecule has 0 aliphatic heterocycles. The van der Waals surface area contributed by atoms with Gasteiger partial charge in [-0.15, -0.1) is 0 Å². The Morgan fingerprint density at radius 3 is 2.34 bits per heavy atom. The summed E-state index contributed by atoms with van der Waals surface area (Å²) >= 11 is 3.37. The molecule has 0 heterocycles. The number of hydrogen-bond acceptors (Lipinski definition) is 5. The zero-order valence-corrected chi connectivity index (χ0v) is 19.6. The number of amides is 1. The Morgan fingerprint density at radius 1 is 1.09 bits per heavy atom. The maximum absolute atomic E-state index is 12.6. The van der Waals surface area contributed by atoms with E-state index in [1.807, 2.05) is 24.3 Å². The van der Waals surface area contributed by atoms with Crippen molar-refractivity contribution in [1.29, 1.82) is 0 Å². The SMILES string of the molecule is CCOC(Cc1ccc(OCCN(CC2CC2)C(=O)Oc2ccc(Br)cc2)cc1)C(=O)O. The third kappa shape index (κ3) is 7.84. The fourth-order valence-corrected chi connectivity index (χ4v) is 3.43. The molecule has 0 bridgehead atoms. The number of carboxylic acids is 1. The van der Waals surface area contributed by atoms with Gasteiger partial charge in [0.25, 0.3) is 0 Å². The molecule has 1 aliphatic rings. The monoisotopic (exact) mass is 505 g/mol. The summed E-state index contributed by atoms with van der Waals surface area (Å²) in [6.45, 7) is 3.52. The Kier molecular flexibility index (Phi) is 8.93. The molecular formula is C24H28BrNO6. The number of halogens is 1. The molecule has 0 spiro atoms. The van der Waals surface area contributed by atoms with Crippen LogP contribution in [0.25, 0.3) is 0 Å². The van der Waals surface area contributed by atoms with Crippen LogP contribution in [0.15, 0.2) is 53.0 Å². The zero-order valence-electron chi connectivity index (χ0n) is 18.0. The lowest BCUT2D eigenvalue weighted by molar-refractivity contribution is -0.149. The maximum Gasteiger partial charge on any atom is 0.415 e. The highest BCUT2D eigenvalue weighted by atomic mass is 79.9. The highest BCUT2D eigenvalue weighted by molar-refractivity contribution is 9.10. The number of benzene rings is 2. The van der Waals surface area contributed by atoms with Crippen molar-refractivity contribution in [2.75, 3.05) is 26.3 Å². The van der Waals surface area contributed by atoms with Gasteiger partial charge in [-0.25, -0.2) is 9.59 Å². The Labute approximate surface area is 196 Å². The minimum Gasteiger partial charge on any atom is -0.492 e. The van der Waals surface area contributed by atoms with E-state index in [0.29, 0.717) is 50.1 Å². The highest BCUT2D eigenvalue weighted by Crippen LogP contribution is 2.30. The molecule has 0 radical (unpaired) electrons. The summed E-state index contributed by atoms with van der Waals surface area (Å²) in [4.78, 5) is 25.6. The number of carboxylic acid groups (broad SMARTS) is 1. The van der Waals surface area contributed by atoms with E-state index < -0.39 is 12.1 Å². The lowest BCUT2D eigenvalue weighted by atomic mass is 10.1. The molecule has 0 saturated heterocycles. The molecule has 1 unspecified atom stereocenters. The first kappa shape index (κ1) is 24.1. The maximum atomic E-state index is 12.6. The lowest BCUT2D eigenvalue weighted by Crippen LogP contribution is -2.38. The van der Waals surface area contributed by atoms with E-state index in [0.717, 1.165) is 22.9 Å². The second-order valence-corrected chi connectivity index (χ2v) is 8.61. The predicted molar refractivity (Wildman–Crippen MR) is 123 cm³/mol. The third-order valence-electron chi connectivity index (χ3n) is 5.07.